The number of carbonyl (C=O) groups is 1. The van der Waals surface area contributed by atoms with Gasteiger partial charge in [0, 0.05) is 18.7 Å². The first-order chi connectivity index (χ1) is 11.3. The monoisotopic (exact) mass is 337 g/mol. The molecule has 0 saturated carbocycles. The van der Waals surface area contributed by atoms with Gasteiger partial charge in [-0.25, -0.2) is 4.98 Å². The number of nitrogens with zero attached hydrogens (tertiary/aromatic N) is 1. The minimum absolute atomic E-state index is 0.114. The van der Waals surface area contributed by atoms with Gasteiger partial charge < -0.3 is 11.1 Å². The van der Waals surface area contributed by atoms with Crippen LogP contribution in [0.5, 0.6) is 0 Å². The number of benzene rings is 1. The third kappa shape index (κ3) is 4.97. The van der Waals surface area contributed by atoms with E-state index in [0.717, 1.165) is 23.4 Å². The van der Waals surface area contributed by atoms with Gasteiger partial charge in [-0.05, 0) is 36.6 Å². The Morgan fingerprint density at radius 3 is 2.67 bits per heavy atom. The maximum absolute atomic E-state index is 12.6. The topological polar surface area (TPSA) is 68.0 Å². The van der Waals surface area contributed by atoms with Crippen LogP contribution in [0, 0.1) is 6.92 Å². The van der Waals surface area contributed by atoms with Crippen LogP contribution in [0.1, 0.15) is 28.8 Å². The van der Waals surface area contributed by atoms with Crippen molar-refractivity contribution in [3.05, 3.63) is 58.8 Å². The van der Waals surface area contributed by atoms with E-state index >= 15 is 0 Å². The fourth-order valence-electron chi connectivity index (χ4n) is 2.24. The molecule has 0 unspecified atom stereocenters. The van der Waals surface area contributed by atoms with Crippen molar-refractivity contribution in [2.24, 2.45) is 0 Å². The van der Waals surface area contributed by atoms with E-state index in [2.05, 4.69) is 10.3 Å². The first-order valence-corrected chi connectivity index (χ1v) is 7.40. The minimum atomic E-state index is -4.38. The Morgan fingerprint density at radius 1 is 1.25 bits per heavy atom. The Balaban J connectivity index is 1.87. The third-order valence-corrected chi connectivity index (χ3v) is 3.59. The number of hydrogen-bond donors (Lipinski definition) is 2. The molecule has 2 rings (SSSR count). The second-order valence-electron chi connectivity index (χ2n) is 5.46. The Bertz CT molecular complexity index is 729. The molecule has 0 radical (unpaired) electrons. The lowest BCUT2D eigenvalue weighted by Gasteiger charge is -2.10. The largest absolute Gasteiger partial charge is 0.416 e. The van der Waals surface area contributed by atoms with E-state index < -0.39 is 11.7 Å². The number of carbonyl (C=O) groups excluding carboxylic acids is 1. The predicted molar refractivity (Wildman–Crippen MR) is 85.0 cm³/mol. The van der Waals surface area contributed by atoms with Gasteiger partial charge in [-0.1, -0.05) is 24.3 Å². The second-order valence-corrected chi connectivity index (χ2v) is 5.46. The average Bonchev–Trinajstić information content (AvgIpc) is 2.51. The Hall–Kier alpha value is -2.57. The van der Waals surface area contributed by atoms with Crippen LogP contribution in [0.25, 0.3) is 0 Å². The molecule has 1 heterocycles. The molecule has 3 N–H and O–H groups in total. The molecule has 0 aliphatic heterocycles. The van der Waals surface area contributed by atoms with Gasteiger partial charge in [-0.2, -0.15) is 13.2 Å². The van der Waals surface area contributed by atoms with E-state index in [1.54, 1.807) is 25.1 Å². The normalized spacial score (nSPS) is 11.3. The van der Waals surface area contributed by atoms with Gasteiger partial charge in [0.1, 0.15) is 5.82 Å². The molecule has 1 aromatic carbocycles. The molecule has 0 aliphatic carbocycles. The van der Waals surface area contributed by atoms with E-state index in [0.29, 0.717) is 17.9 Å². The number of halogens is 3. The van der Waals surface area contributed by atoms with Crippen molar-refractivity contribution < 1.29 is 18.0 Å². The average molecular weight is 337 g/mol. The van der Waals surface area contributed by atoms with Gasteiger partial charge in [0.05, 0.1) is 5.56 Å². The van der Waals surface area contributed by atoms with Crippen LogP contribution in [0.15, 0.2) is 36.4 Å². The molecule has 0 bridgehead atoms. The molecule has 1 aromatic heterocycles. The summed E-state index contributed by atoms with van der Waals surface area (Å²) in [6.45, 7) is 2.10. The summed E-state index contributed by atoms with van der Waals surface area (Å²) in [7, 11) is 0. The van der Waals surface area contributed by atoms with Gasteiger partial charge in [0.25, 0.3) is 0 Å². The van der Waals surface area contributed by atoms with Crippen LogP contribution >= 0.6 is 0 Å². The number of rotatable bonds is 5. The van der Waals surface area contributed by atoms with Crippen molar-refractivity contribution in [2.75, 3.05) is 5.73 Å². The van der Waals surface area contributed by atoms with E-state index in [9.17, 15) is 18.0 Å². The predicted octanol–water partition coefficient (Wildman–Crippen LogP) is 3.24. The van der Waals surface area contributed by atoms with E-state index in [-0.39, 0.29) is 18.7 Å². The van der Waals surface area contributed by atoms with Crippen LogP contribution in [-0.2, 0) is 23.9 Å². The van der Waals surface area contributed by atoms with Crippen molar-refractivity contribution in [3.8, 4) is 0 Å². The van der Waals surface area contributed by atoms with Crippen molar-refractivity contribution in [1.82, 2.24) is 10.3 Å². The Kier molecular flexibility index (Phi) is 5.43. The standard InChI is InChI=1S/C17H18F3N3O/c1-11-13(6-7-15(21)23-11)10-22-16(24)8-5-12-3-2-4-14(9-12)17(18,19)20/h2-4,6-7,9H,5,8,10H2,1H3,(H2,21,23)(H,22,24). The third-order valence-electron chi connectivity index (χ3n) is 3.59. The van der Waals surface area contributed by atoms with Crippen molar-refractivity contribution in [1.29, 1.82) is 0 Å². The van der Waals surface area contributed by atoms with Crippen molar-refractivity contribution in [3.63, 3.8) is 0 Å². The highest BCUT2D eigenvalue weighted by molar-refractivity contribution is 5.76. The zero-order chi connectivity index (χ0) is 17.7. The summed E-state index contributed by atoms with van der Waals surface area (Å²) in [5, 5.41) is 2.73. The number of nitrogens with one attached hydrogen (secondary N) is 1. The SMILES string of the molecule is Cc1nc(N)ccc1CNC(=O)CCc1cccc(C(F)(F)F)c1. The lowest BCUT2D eigenvalue weighted by atomic mass is 10.1. The van der Waals surface area contributed by atoms with Crippen LogP contribution in [0.4, 0.5) is 19.0 Å². The molecule has 7 heteroatoms. The number of alkyl halides is 3. The number of hydrogen-bond acceptors (Lipinski definition) is 3. The number of pyridine rings is 1. The maximum Gasteiger partial charge on any atom is 0.416 e. The fourth-order valence-corrected chi connectivity index (χ4v) is 2.24. The lowest BCUT2D eigenvalue weighted by Crippen LogP contribution is -2.23. The zero-order valence-corrected chi connectivity index (χ0v) is 13.2. The number of anilines is 1. The van der Waals surface area contributed by atoms with Crippen LogP contribution in [0.3, 0.4) is 0 Å². The molecule has 4 nitrogen and oxygen atoms in total. The highest BCUT2D eigenvalue weighted by Crippen LogP contribution is 2.29. The smallest absolute Gasteiger partial charge is 0.384 e. The van der Waals surface area contributed by atoms with Gasteiger partial charge >= 0.3 is 6.18 Å². The van der Waals surface area contributed by atoms with Crippen LogP contribution < -0.4 is 11.1 Å². The summed E-state index contributed by atoms with van der Waals surface area (Å²) in [6, 6.07) is 8.44. The Morgan fingerprint density at radius 2 is 2.00 bits per heavy atom. The molecular formula is C17H18F3N3O. The van der Waals surface area contributed by atoms with E-state index in [4.69, 9.17) is 5.73 Å². The molecule has 128 valence electrons. The number of nitrogen functional groups attached to an aromatic ring is 1. The van der Waals surface area contributed by atoms with Crippen molar-refractivity contribution in [2.45, 2.75) is 32.5 Å². The Labute approximate surface area is 137 Å². The molecular weight excluding hydrogens is 319 g/mol. The van der Waals surface area contributed by atoms with E-state index in [1.807, 2.05) is 0 Å². The van der Waals surface area contributed by atoms with Crippen LogP contribution in [0.2, 0.25) is 0 Å². The van der Waals surface area contributed by atoms with Crippen LogP contribution in [-0.4, -0.2) is 10.9 Å². The first kappa shape index (κ1) is 17.8. The molecule has 2 aromatic rings. The molecule has 0 fully saturated rings. The maximum atomic E-state index is 12.6. The molecule has 0 aliphatic rings. The molecule has 0 spiro atoms. The van der Waals surface area contributed by atoms with Gasteiger partial charge in [0.2, 0.25) is 5.91 Å². The summed E-state index contributed by atoms with van der Waals surface area (Å²) < 4.78 is 37.9. The number of amides is 1. The van der Waals surface area contributed by atoms with Gasteiger partial charge in [-0.15, -0.1) is 0 Å². The molecule has 1 amide bonds. The second kappa shape index (κ2) is 7.33. The van der Waals surface area contributed by atoms with Gasteiger partial charge in [0.15, 0.2) is 0 Å². The number of aromatic nitrogens is 1. The highest BCUT2D eigenvalue weighted by Gasteiger charge is 2.30. The minimum Gasteiger partial charge on any atom is -0.384 e. The van der Waals surface area contributed by atoms with E-state index in [1.165, 1.54) is 6.07 Å². The lowest BCUT2D eigenvalue weighted by molar-refractivity contribution is -0.137. The van der Waals surface area contributed by atoms with Gasteiger partial charge in [-0.3, -0.25) is 4.79 Å². The quantitative estimate of drug-likeness (QED) is 0.880. The summed E-state index contributed by atoms with van der Waals surface area (Å²) in [6.07, 6.45) is -4.02. The van der Waals surface area contributed by atoms with Crippen molar-refractivity contribution >= 4 is 11.7 Å². The molecule has 0 atom stereocenters. The summed E-state index contributed by atoms with van der Waals surface area (Å²) in [5.74, 6) is 0.177. The number of aryl methyl sites for hydroxylation is 2. The summed E-state index contributed by atoms with van der Waals surface area (Å²) in [5.41, 5.74) is 6.91. The molecule has 24 heavy (non-hydrogen) atoms. The highest BCUT2D eigenvalue weighted by atomic mass is 19.4. The summed E-state index contributed by atoms with van der Waals surface area (Å²) in [4.78, 5) is 16.0. The first-order valence-electron chi connectivity index (χ1n) is 7.40. The summed E-state index contributed by atoms with van der Waals surface area (Å²) >= 11 is 0. The zero-order valence-electron chi connectivity index (χ0n) is 13.2. The number of nitrogens with two attached hydrogens (primary N) is 1. The molecule has 0 saturated heterocycles. The fraction of sp³-hybridized carbons (Fsp3) is 0.294.